The summed E-state index contributed by atoms with van der Waals surface area (Å²) < 4.78 is 6.89. The highest BCUT2D eigenvalue weighted by Gasteiger charge is 2.03. The number of nitrogens with zero attached hydrogens (tertiary/aromatic N) is 2. The van der Waals surface area contributed by atoms with Crippen LogP contribution in [0.3, 0.4) is 0 Å². The minimum absolute atomic E-state index is 0.692. The van der Waals surface area contributed by atoms with Crippen molar-refractivity contribution in [2.75, 3.05) is 5.43 Å². The first kappa shape index (κ1) is 13.7. The molecule has 0 spiro atoms. The van der Waals surface area contributed by atoms with Crippen molar-refractivity contribution in [3.63, 3.8) is 0 Å². The monoisotopic (exact) mass is 319 g/mol. The first-order valence-corrected chi connectivity index (χ1v) is 8.00. The standard InChI is InChI=1S/C18H13N3OS/c1-2-6-13(7-3-1)16-11-10-14(22-16)12-19-21-18-20-15-8-4-5-9-17(15)23-18/h1-12H,(H,20,21)/b19-12-. The second-order valence-electron chi connectivity index (χ2n) is 4.92. The zero-order valence-electron chi connectivity index (χ0n) is 12.1. The predicted molar refractivity (Wildman–Crippen MR) is 95.0 cm³/mol. The lowest BCUT2D eigenvalue weighted by Gasteiger charge is -1.94. The van der Waals surface area contributed by atoms with E-state index in [1.807, 2.05) is 66.7 Å². The van der Waals surface area contributed by atoms with Crippen LogP contribution in [0.1, 0.15) is 5.76 Å². The Morgan fingerprint density at radius 1 is 0.957 bits per heavy atom. The van der Waals surface area contributed by atoms with E-state index >= 15 is 0 Å². The Morgan fingerprint density at radius 3 is 2.65 bits per heavy atom. The van der Waals surface area contributed by atoms with Crippen LogP contribution in [-0.2, 0) is 0 Å². The second kappa shape index (κ2) is 6.06. The molecule has 112 valence electrons. The molecule has 0 amide bonds. The van der Waals surface area contributed by atoms with Crippen LogP contribution in [0.2, 0.25) is 0 Å². The lowest BCUT2D eigenvalue weighted by molar-refractivity contribution is 0.575. The highest BCUT2D eigenvalue weighted by Crippen LogP contribution is 2.25. The third-order valence-electron chi connectivity index (χ3n) is 3.33. The van der Waals surface area contributed by atoms with Crippen LogP contribution < -0.4 is 5.43 Å². The Hall–Kier alpha value is -2.92. The maximum Gasteiger partial charge on any atom is 0.204 e. The van der Waals surface area contributed by atoms with E-state index in [-0.39, 0.29) is 0 Å². The van der Waals surface area contributed by atoms with Gasteiger partial charge in [0.05, 0.1) is 16.4 Å². The lowest BCUT2D eigenvalue weighted by Crippen LogP contribution is -1.88. The Kier molecular flexibility index (Phi) is 3.62. The molecule has 0 saturated heterocycles. The van der Waals surface area contributed by atoms with Crippen molar-refractivity contribution in [1.29, 1.82) is 0 Å². The largest absolute Gasteiger partial charge is 0.455 e. The maximum absolute atomic E-state index is 5.76. The molecule has 0 radical (unpaired) electrons. The predicted octanol–water partition coefficient (Wildman–Crippen LogP) is 5.00. The number of hydrogen-bond acceptors (Lipinski definition) is 5. The zero-order chi connectivity index (χ0) is 15.5. The van der Waals surface area contributed by atoms with Gasteiger partial charge in [-0.05, 0) is 24.3 Å². The molecule has 2 heterocycles. The van der Waals surface area contributed by atoms with Gasteiger partial charge in [0.25, 0.3) is 0 Å². The SMILES string of the molecule is C(=N/Nc1nc2ccccc2s1)/c1ccc(-c2ccccc2)o1. The molecule has 0 aliphatic heterocycles. The van der Waals surface area contributed by atoms with E-state index in [2.05, 4.69) is 15.5 Å². The Bertz CT molecular complexity index is 923. The number of hydrazone groups is 1. The molecule has 0 aliphatic carbocycles. The molecule has 0 saturated carbocycles. The molecule has 0 atom stereocenters. The van der Waals surface area contributed by atoms with Crippen LogP contribution in [0, 0.1) is 0 Å². The minimum atomic E-state index is 0.692. The van der Waals surface area contributed by atoms with Gasteiger partial charge in [-0.1, -0.05) is 53.8 Å². The molecular formula is C18H13N3OS. The number of aromatic nitrogens is 1. The van der Waals surface area contributed by atoms with Gasteiger partial charge < -0.3 is 4.42 Å². The fraction of sp³-hybridized carbons (Fsp3) is 0. The summed E-state index contributed by atoms with van der Waals surface area (Å²) in [7, 11) is 0. The van der Waals surface area contributed by atoms with Crippen molar-refractivity contribution >= 4 is 32.9 Å². The molecule has 2 aromatic carbocycles. The molecule has 2 aromatic heterocycles. The molecule has 4 rings (SSSR count). The van der Waals surface area contributed by atoms with E-state index in [4.69, 9.17) is 4.42 Å². The molecule has 23 heavy (non-hydrogen) atoms. The average Bonchev–Trinajstić information content (AvgIpc) is 3.22. The molecule has 0 fully saturated rings. The molecule has 4 aromatic rings. The zero-order valence-corrected chi connectivity index (χ0v) is 13.0. The summed E-state index contributed by atoms with van der Waals surface area (Å²) in [6.07, 6.45) is 1.65. The number of benzene rings is 2. The van der Waals surface area contributed by atoms with Gasteiger partial charge in [-0.15, -0.1) is 0 Å². The molecule has 4 nitrogen and oxygen atoms in total. The first-order chi connectivity index (χ1) is 11.4. The molecule has 1 N–H and O–H groups in total. The van der Waals surface area contributed by atoms with Gasteiger partial charge in [0.2, 0.25) is 5.13 Å². The summed E-state index contributed by atoms with van der Waals surface area (Å²) in [5, 5.41) is 4.95. The first-order valence-electron chi connectivity index (χ1n) is 7.18. The number of para-hydroxylation sites is 1. The Labute approximate surface area is 137 Å². The summed E-state index contributed by atoms with van der Waals surface area (Å²) in [6, 6.07) is 21.8. The van der Waals surface area contributed by atoms with E-state index < -0.39 is 0 Å². The summed E-state index contributed by atoms with van der Waals surface area (Å²) in [5.41, 5.74) is 4.97. The van der Waals surface area contributed by atoms with Gasteiger partial charge in [0.1, 0.15) is 11.5 Å². The molecule has 0 aliphatic rings. The van der Waals surface area contributed by atoms with Gasteiger partial charge in [0, 0.05) is 5.56 Å². The smallest absolute Gasteiger partial charge is 0.204 e. The van der Waals surface area contributed by atoms with Crippen LogP contribution in [0.15, 0.2) is 76.2 Å². The molecular weight excluding hydrogens is 306 g/mol. The third-order valence-corrected chi connectivity index (χ3v) is 4.27. The van der Waals surface area contributed by atoms with Crippen molar-refractivity contribution in [2.45, 2.75) is 0 Å². The number of rotatable bonds is 4. The fourth-order valence-corrected chi connectivity index (χ4v) is 3.07. The van der Waals surface area contributed by atoms with Crippen LogP contribution in [-0.4, -0.2) is 11.2 Å². The highest BCUT2D eigenvalue weighted by molar-refractivity contribution is 7.22. The third kappa shape index (κ3) is 3.00. The number of hydrogen-bond donors (Lipinski definition) is 1. The number of furan rings is 1. The summed E-state index contributed by atoms with van der Waals surface area (Å²) in [5.74, 6) is 1.52. The Balaban J connectivity index is 1.48. The minimum Gasteiger partial charge on any atom is -0.455 e. The molecule has 0 bridgehead atoms. The van der Waals surface area contributed by atoms with Crippen molar-refractivity contribution < 1.29 is 4.42 Å². The van der Waals surface area contributed by atoms with E-state index in [0.717, 1.165) is 26.7 Å². The maximum atomic E-state index is 5.76. The molecule has 0 unspecified atom stereocenters. The normalized spacial score (nSPS) is 11.3. The topological polar surface area (TPSA) is 50.4 Å². The lowest BCUT2D eigenvalue weighted by atomic mass is 10.2. The van der Waals surface area contributed by atoms with E-state index in [0.29, 0.717) is 5.76 Å². The van der Waals surface area contributed by atoms with Gasteiger partial charge >= 0.3 is 0 Å². The Morgan fingerprint density at radius 2 is 1.78 bits per heavy atom. The highest BCUT2D eigenvalue weighted by atomic mass is 32.1. The summed E-state index contributed by atoms with van der Waals surface area (Å²) in [6.45, 7) is 0. The number of nitrogens with one attached hydrogen (secondary N) is 1. The van der Waals surface area contributed by atoms with E-state index in [1.165, 1.54) is 0 Å². The number of anilines is 1. The van der Waals surface area contributed by atoms with Gasteiger partial charge in [-0.25, -0.2) is 4.98 Å². The van der Waals surface area contributed by atoms with Gasteiger partial charge in [-0.3, -0.25) is 5.43 Å². The van der Waals surface area contributed by atoms with Crippen LogP contribution in [0.25, 0.3) is 21.5 Å². The average molecular weight is 319 g/mol. The van der Waals surface area contributed by atoms with Gasteiger partial charge in [-0.2, -0.15) is 5.10 Å². The van der Waals surface area contributed by atoms with Crippen LogP contribution in [0.5, 0.6) is 0 Å². The summed E-state index contributed by atoms with van der Waals surface area (Å²) in [4.78, 5) is 4.46. The molecule has 5 heteroatoms. The van der Waals surface area contributed by atoms with Crippen molar-refractivity contribution in [2.24, 2.45) is 5.10 Å². The van der Waals surface area contributed by atoms with Crippen LogP contribution in [0.4, 0.5) is 5.13 Å². The van der Waals surface area contributed by atoms with Gasteiger partial charge in [0.15, 0.2) is 0 Å². The van der Waals surface area contributed by atoms with Crippen molar-refractivity contribution in [3.8, 4) is 11.3 Å². The van der Waals surface area contributed by atoms with E-state index in [1.54, 1.807) is 17.6 Å². The summed E-state index contributed by atoms with van der Waals surface area (Å²) >= 11 is 1.57. The second-order valence-corrected chi connectivity index (χ2v) is 5.96. The van der Waals surface area contributed by atoms with Crippen molar-refractivity contribution in [3.05, 3.63) is 72.5 Å². The van der Waals surface area contributed by atoms with Crippen molar-refractivity contribution in [1.82, 2.24) is 4.98 Å². The number of thiazole rings is 1. The fourth-order valence-electron chi connectivity index (χ4n) is 2.25. The van der Waals surface area contributed by atoms with Crippen LogP contribution >= 0.6 is 11.3 Å². The number of fused-ring (bicyclic) bond motifs is 1. The van der Waals surface area contributed by atoms with E-state index in [9.17, 15) is 0 Å². The quantitative estimate of drug-likeness (QED) is 0.425.